The summed E-state index contributed by atoms with van der Waals surface area (Å²) in [5.41, 5.74) is 2.61. The molecule has 2 rings (SSSR count). The summed E-state index contributed by atoms with van der Waals surface area (Å²) >= 11 is 0. The fourth-order valence-corrected chi connectivity index (χ4v) is 4.63. The maximum Gasteiger partial charge on any atom is 0.244 e. The zero-order valence-electron chi connectivity index (χ0n) is 21.3. The lowest BCUT2D eigenvalue weighted by Gasteiger charge is -2.33. The van der Waals surface area contributed by atoms with Crippen LogP contribution in [0.2, 0.25) is 0 Å². The van der Waals surface area contributed by atoms with Crippen molar-refractivity contribution in [3.63, 3.8) is 0 Å². The number of carbonyl (C=O) groups is 2. The van der Waals surface area contributed by atoms with Crippen LogP contribution in [0.5, 0.6) is 0 Å². The Balaban J connectivity index is 2.47. The number of carbonyl (C=O) groups excluding carboxylic acids is 2. The van der Waals surface area contributed by atoms with Crippen LogP contribution < -0.4 is 9.62 Å². The molecule has 2 aromatic rings. The van der Waals surface area contributed by atoms with Gasteiger partial charge in [0.1, 0.15) is 18.4 Å². The van der Waals surface area contributed by atoms with Crippen molar-refractivity contribution in [2.45, 2.75) is 66.1 Å². The van der Waals surface area contributed by atoms with Crippen molar-refractivity contribution in [2.24, 2.45) is 0 Å². The van der Waals surface area contributed by atoms with Crippen LogP contribution in [0, 0.1) is 19.7 Å². The quantitative estimate of drug-likeness (QED) is 0.501. The number of aryl methyl sites for hydroxylation is 2. The first-order chi connectivity index (χ1) is 16.4. The second-order valence-electron chi connectivity index (χ2n) is 8.95. The molecule has 0 spiro atoms. The fourth-order valence-electron chi connectivity index (χ4n) is 3.73. The van der Waals surface area contributed by atoms with Gasteiger partial charge in [-0.25, -0.2) is 12.8 Å². The molecule has 192 valence electrons. The van der Waals surface area contributed by atoms with E-state index >= 15 is 0 Å². The molecule has 0 aliphatic carbocycles. The first-order valence-electron chi connectivity index (χ1n) is 11.8. The highest BCUT2D eigenvalue weighted by Gasteiger charge is 2.32. The molecule has 0 unspecified atom stereocenters. The summed E-state index contributed by atoms with van der Waals surface area (Å²) < 4.78 is 40.0. The van der Waals surface area contributed by atoms with E-state index in [1.54, 1.807) is 38.1 Å². The van der Waals surface area contributed by atoms with Crippen molar-refractivity contribution in [2.75, 3.05) is 17.1 Å². The Morgan fingerprint density at radius 3 is 2.20 bits per heavy atom. The Labute approximate surface area is 208 Å². The highest BCUT2D eigenvalue weighted by atomic mass is 32.2. The number of nitrogens with one attached hydrogen (secondary N) is 1. The summed E-state index contributed by atoms with van der Waals surface area (Å²) in [6, 6.07) is 10.2. The maximum absolute atomic E-state index is 13.7. The molecule has 0 aliphatic rings. The molecule has 2 atom stereocenters. The molecule has 35 heavy (non-hydrogen) atoms. The molecule has 0 saturated heterocycles. The largest absolute Gasteiger partial charge is 0.352 e. The summed E-state index contributed by atoms with van der Waals surface area (Å²) in [7, 11) is -3.80. The minimum Gasteiger partial charge on any atom is -0.352 e. The second kappa shape index (κ2) is 12.2. The summed E-state index contributed by atoms with van der Waals surface area (Å²) in [6.07, 6.45) is 2.11. The average molecular weight is 506 g/mol. The number of anilines is 1. The van der Waals surface area contributed by atoms with Crippen LogP contribution in [0.3, 0.4) is 0 Å². The van der Waals surface area contributed by atoms with Crippen molar-refractivity contribution in [3.8, 4) is 0 Å². The zero-order chi connectivity index (χ0) is 26.3. The first kappa shape index (κ1) is 28.3. The van der Waals surface area contributed by atoms with Crippen LogP contribution in [-0.4, -0.2) is 50.0 Å². The van der Waals surface area contributed by atoms with Gasteiger partial charge in [-0.3, -0.25) is 13.9 Å². The molecule has 0 aromatic heterocycles. The van der Waals surface area contributed by atoms with E-state index in [1.165, 1.54) is 17.0 Å². The number of nitrogens with zero attached hydrogens (tertiary/aromatic N) is 2. The van der Waals surface area contributed by atoms with E-state index in [4.69, 9.17) is 0 Å². The molecular weight excluding hydrogens is 469 g/mol. The third-order valence-electron chi connectivity index (χ3n) is 5.97. The van der Waals surface area contributed by atoms with Gasteiger partial charge in [0.05, 0.1) is 11.9 Å². The van der Waals surface area contributed by atoms with Crippen LogP contribution in [0.15, 0.2) is 42.5 Å². The lowest BCUT2D eigenvalue weighted by molar-refractivity contribution is -0.140. The van der Waals surface area contributed by atoms with Crippen molar-refractivity contribution in [1.82, 2.24) is 10.2 Å². The number of sulfonamides is 1. The van der Waals surface area contributed by atoms with Crippen molar-refractivity contribution < 1.29 is 22.4 Å². The summed E-state index contributed by atoms with van der Waals surface area (Å²) in [6.45, 7) is 8.82. The van der Waals surface area contributed by atoms with Gasteiger partial charge < -0.3 is 10.2 Å². The second-order valence-corrected chi connectivity index (χ2v) is 10.9. The number of hydrogen-bond donors (Lipinski definition) is 1. The summed E-state index contributed by atoms with van der Waals surface area (Å²) in [5.74, 6) is -1.24. The van der Waals surface area contributed by atoms with Crippen LogP contribution in [0.1, 0.15) is 50.3 Å². The van der Waals surface area contributed by atoms with E-state index in [-0.39, 0.29) is 18.5 Å². The molecule has 0 saturated carbocycles. The standard InChI is InChI=1S/C26H36FN3O4S/c1-7-20(5)28-26(32)23(8-2)29(16-21-11-13-22(27)14-12-21)25(31)17-30(35(6,33)34)24-15-18(3)9-10-19(24)4/h9-15,20,23H,7-8,16-17H2,1-6H3,(H,28,32)/t20-,23-/m0/s1. The van der Waals surface area contributed by atoms with Gasteiger partial charge in [-0.15, -0.1) is 0 Å². The molecule has 7 nitrogen and oxygen atoms in total. The molecule has 0 aliphatic heterocycles. The molecule has 0 heterocycles. The summed E-state index contributed by atoms with van der Waals surface area (Å²) in [5, 5.41) is 2.92. The van der Waals surface area contributed by atoms with Gasteiger partial charge >= 0.3 is 0 Å². The minimum atomic E-state index is -3.80. The topological polar surface area (TPSA) is 86.8 Å². The lowest BCUT2D eigenvalue weighted by atomic mass is 10.1. The third-order valence-corrected chi connectivity index (χ3v) is 7.09. The van der Waals surface area contributed by atoms with E-state index in [9.17, 15) is 22.4 Å². The van der Waals surface area contributed by atoms with Crippen LogP contribution >= 0.6 is 0 Å². The van der Waals surface area contributed by atoms with E-state index in [0.717, 1.165) is 22.5 Å². The number of hydrogen-bond acceptors (Lipinski definition) is 4. The predicted octanol–water partition coefficient (Wildman–Crippen LogP) is 3.93. The number of benzene rings is 2. The number of halogens is 1. The third kappa shape index (κ3) is 7.78. The van der Waals surface area contributed by atoms with Crippen molar-refractivity contribution >= 4 is 27.5 Å². The van der Waals surface area contributed by atoms with E-state index in [0.29, 0.717) is 23.2 Å². The van der Waals surface area contributed by atoms with Gasteiger partial charge in [0.15, 0.2) is 0 Å². The summed E-state index contributed by atoms with van der Waals surface area (Å²) in [4.78, 5) is 28.1. The monoisotopic (exact) mass is 505 g/mol. The molecular formula is C26H36FN3O4S. The Hall–Kier alpha value is -2.94. The van der Waals surface area contributed by atoms with Crippen LogP contribution in [0.25, 0.3) is 0 Å². The average Bonchev–Trinajstić information content (AvgIpc) is 2.79. The number of amides is 2. The fraction of sp³-hybridized carbons (Fsp3) is 0.462. The van der Waals surface area contributed by atoms with E-state index in [2.05, 4.69) is 5.32 Å². The zero-order valence-corrected chi connectivity index (χ0v) is 22.2. The number of rotatable bonds is 11. The molecule has 0 fully saturated rings. The normalized spacial score (nSPS) is 13.1. The van der Waals surface area contributed by atoms with Gasteiger partial charge in [-0.05, 0) is 68.5 Å². The molecule has 0 bridgehead atoms. The molecule has 0 radical (unpaired) electrons. The van der Waals surface area contributed by atoms with Crippen molar-refractivity contribution in [3.05, 3.63) is 65.0 Å². The lowest BCUT2D eigenvalue weighted by Crippen LogP contribution is -2.53. The van der Waals surface area contributed by atoms with Crippen LogP contribution in [-0.2, 0) is 26.2 Å². The highest BCUT2D eigenvalue weighted by Crippen LogP contribution is 2.25. The van der Waals surface area contributed by atoms with Crippen molar-refractivity contribution in [1.29, 1.82) is 0 Å². The predicted molar refractivity (Wildman–Crippen MR) is 137 cm³/mol. The van der Waals surface area contributed by atoms with Gasteiger partial charge in [0, 0.05) is 12.6 Å². The van der Waals surface area contributed by atoms with Gasteiger partial charge in [0.25, 0.3) is 0 Å². The highest BCUT2D eigenvalue weighted by molar-refractivity contribution is 7.92. The van der Waals surface area contributed by atoms with Gasteiger partial charge in [-0.2, -0.15) is 0 Å². The Morgan fingerprint density at radius 1 is 1.03 bits per heavy atom. The molecule has 2 amide bonds. The molecule has 1 N–H and O–H groups in total. The van der Waals surface area contributed by atoms with Crippen LogP contribution in [0.4, 0.5) is 10.1 Å². The SMILES string of the molecule is CC[C@H](C)NC(=O)[C@H](CC)N(Cc1ccc(F)cc1)C(=O)CN(c1cc(C)ccc1C)S(C)(=O)=O. The van der Waals surface area contributed by atoms with Gasteiger partial charge in [0.2, 0.25) is 21.8 Å². The molecule has 9 heteroatoms. The Kier molecular flexibility index (Phi) is 9.82. The first-order valence-corrected chi connectivity index (χ1v) is 13.6. The maximum atomic E-state index is 13.7. The van der Waals surface area contributed by atoms with E-state index < -0.39 is 34.3 Å². The molecule has 2 aromatic carbocycles. The Bertz CT molecular complexity index is 1140. The minimum absolute atomic E-state index is 0.0376. The van der Waals surface area contributed by atoms with E-state index in [1.807, 2.05) is 26.8 Å². The Morgan fingerprint density at radius 2 is 1.66 bits per heavy atom. The van der Waals surface area contributed by atoms with Gasteiger partial charge in [-0.1, -0.05) is 38.1 Å². The smallest absolute Gasteiger partial charge is 0.244 e.